The second kappa shape index (κ2) is 6.73. The fraction of sp³-hybridized carbons (Fsp3) is 0.238. The third-order valence-electron chi connectivity index (χ3n) is 5.16. The number of aromatic nitrogens is 5. The lowest BCUT2D eigenvalue weighted by molar-refractivity contribution is 0.419. The Morgan fingerprint density at radius 2 is 2.07 bits per heavy atom. The fourth-order valence-corrected chi connectivity index (χ4v) is 3.59. The third-order valence-corrected chi connectivity index (χ3v) is 5.16. The smallest absolute Gasteiger partial charge is 0.255 e. The Morgan fingerprint density at radius 3 is 2.86 bits per heavy atom. The number of fused-ring (bicyclic) bond motifs is 1. The van der Waals surface area contributed by atoms with Gasteiger partial charge in [-0.2, -0.15) is 5.10 Å². The van der Waals surface area contributed by atoms with Gasteiger partial charge in [-0.15, -0.1) is 0 Å². The zero-order valence-electron chi connectivity index (χ0n) is 15.9. The average Bonchev–Trinajstić information content (AvgIpc) is 3.46. The molecule has 0 amide bonds. The highest BCUT2D eigenvalue weighted by Crippen LogP contribution is 2.33. The quantitative estimate of drug-likeness (QED) is 0.564. The maximum absolute atomic E-state index is 12.7. The van der Waals surface area contributed by atoms with Gasteiger partial charge in [0.15, 0.2) is 0 Å². The number of nitrogens with zero attached hydrogens (tertiary/aromatic N) is 5. The molecule has 0 radical (unpaired) electrons. The maximum atomic E-state index is 12.7. The molecule has 0 spiro atoms. The molecule has 146 valence electrons. The lowest BCUT2D eigenvalue weighted by Gasteiger charge is -2.08. The van der Waals surface area contributed by atoms with Crippen molar-refractivity contribution >= 4 is 16.9 Å². The van der Waals surface area contributed by atoms with E-state index in [4.69, 9.17) is 10.5 Å². The minimum atomic E-state index is 0.0496. The molecular weight excluding hydrogens is 368 g/mol. The molecule has 1 aliphatic carbocycles. The van der Waals surface area contributed by atoms with Crippen LogP contribution in [0.15, 0.2) is 53.7 Å². The molecule has 29 heavy (non-hydrogen) atoms. The minimum absolute atomic E-state index is 0.0496. The summed E-state index contributed by atoms with van der Waals surface area (Å²) in [5.41, 5.74) is 8.83. The van der Waals surface area contributed by atoms with Crippen molar-refractivity contribution in [3.63, 3.8) is 0 Å². The first-order valence-electron chi connectivity index (χ1n) is 9.47. The van der Waals surface area contributed by atoms with E-state index in [1.807, 2.05) is 47.3 Å². The van der Waals surface area contributed by atoms with Crippen LogP contribution >= 0.6 is 0 Å². The number of hydrogen-bond donors (Lipinski definition) is 1. The highest BCUT2D eigenvalue weighted by molar-refractivity contribution is 5.96. The minimum Gasteiger partial charge on any atom is -0.494 e. The zero-order chi connectivity index (χ0) is 20.0. The van der Waals surface area contributed by atoms with Gasteiger partial charge < -0.3 is 15.0 Å². The number of nitrogen functional groups attached to an aromatic ring is 1. The van der Waals surface area contributed by atoms with Gasteiger partial charge in [-0.3, -0.25) is 9.48 Å². The van der Waals surface area contributed by atoms with Crippen LogP contribution in [0.5, 0.6) is 5.75 Å². The SMILES string of the molecule is COc1cccc2c(-c3cnn(Cc4cccn(C5CC5)c4=O)c3)nc(N)nc12. The summed E-state index contributed by atoms with van der Waals surface area (Å²) in [5, 5.41) is 5.26. The van der Waals surface area contributed by atoms with Gasteiger partial charge in [0.1, 0.15) is 11.3 Å². The van der Waals surface area contributed by atoms with E-state index in [0.29, 0.717) is 35.1 Å². The van der Waals surface area contributed by atoms with E-state index < -0.39 is 0 Å². The normalized spacial score (nSPS) is 13.7. The second-order valence-electron chi connectivity index (χ2n) is 7.19. The van der Waals surface area contributed by atoms with Gasteiger partial charge in [-0.25, -0.2) is 9.97 Å². The fourth-order valence-electron chi connectivity index (χ4n) is 3.59. The monoisotopic (exact) mass is 388 g/mol. The largest absolute Gasteiger partial charge is 0.494 e. The van der Waals surface area contributed by atoms with E-state index in [0.717, 1.165) is 23.8 Å². The lowest BCUT2D eigenvalue weighted by atomic mass is 10.1. The number of pyridine rings is 1. The number of rotatable bonds is 5. The van der Waals surface area contributed by atoms with Crippen molar-refractivity contribution in [3.05, 3.63) is 64.8 Å². The highest BCUT2D eigenvalue weighted by Gasteiger charge is 2.24. The zero-order valence-corrected chi connectivity index (χ0v) is 15.9. The summed E-state index contributed by atoms with van der Waals surface area (Å²) in [7, 11) is 1.60. The van der Waals surface area contributed by atoms with Gasteiger partial charge in [-0.1, -0.05) is 18.2 Å². The molecule has 1 aromatic carbocycles. The van der Waals surface area contributed by atoms with Crippen LogP contribution in [0.1, 0.15) is 24.4 Å². The van der Waals surface area contributed by atoms with Gasteiger partial charge in [-0.05, 0) is 25.0 Å². The van der Waals surface area contributed by atoms with Crippen LogP contribution in [0.2, 0.25) is 0 Å². The number of ether oxygens (including phenoxy) is 1. The van der Waals surface area contributed by atoms with Crippen molar-refractivity contribution in [2.45, 2.75) is 25.4 Å². The second-order valence-corrected chi connectivity index (χ2v) is 7.19. The molecule has 2 N–H and O–H groups in total. The maximum Gasteiger partial charge on any atom is 0.255 e. The van der Waals surface area contributed by atoms with Crippen LogP contribution in [-0.4, -0.2) is 31.4 Å². The Morgan fingerprint density at radius 1 is 1.21 bits per heavy atom. The van der Waals surface area contributed by atoms with Gasteiger partial charge in [0.05, 0.1) is 25.5 Å². The third kappa shape index (κ3) is 3.12. The Bertz CT molecular complexity index is 1270. The Kier molecular flexibility index (Phi) is 4.04. The number of benzene rings is 1. The first kappa shape index (κ1) is 17.4. The first-order valence-corrected chi connectivity index (χ1v) is 9.47. The summed E-state index contributed by atoms with van der Waals surface area (Å²) in [6, 6.07) is 9.77. The summed E-state index contributed by atoms with van der Waals surface area (Å²) < 4.78 is 8.97. The topological polar surface area (TPSA) is 101 Å². The molecule has 4 aromatic rings. The molecule has 1 saturated carbocycles. The summed E-state index contributed by atoms with van der Waals surface area (Å²) in [6.45, 7) is 0.397. The molecule has 3 aromatic heterocycles. The average molecular weight is 388 g/mol. The number of methoxy groups -OCH3 is 1. The van der Waals surface area contributed by atoms with Crippen molar-refractivity contribution in [3.8, 4) is 17.0 Å². The van der Waals surface area contributed by atoms with E-state index in [9.17, 15) is 4.79 Å². The standard InChI is InChI=1S/C21H20N6O2/c1-29-17-6-2-5-16-18(24-21(22)25-19(16)17)14-10-23-26(12-14)11-13-4-3-9-27(20(13)28)15-7-8-15/h2-6,9-10,12,15H,7-8,11H2,1H3,(H2,22,24,25). The van der Waals surface area contributed by atoms with Crippen molar-refractivity contribution in [2.75, 3.05) is 12.8 Å². The van der Waals surface area contributed by atoms with Crippen LogP contribution < -0.4 is 16.0 Å². The number of nitrogens with two attached hydrogens (primary N) is 1. The van der Waals surface area contributed by atoms with Crippen LogP contribution in [0.4, 0.5) is 5.95 Å². The van der Waals surface area contributed by atoms with Gasteiger partial charge in [0, 0.05) is 34.9 Å². The van der Waals surface area contributed by atoms with Gasteiger partial charge >= 0.3 is 0 Å². The molecule has 5 rings (SSSR count). The van der Waals surface area contributed by atoms with Crippen molar-refractivity contribution < 1.29 is 4.74 Å². The van der Waals surface area contributed by atoms with E-state index in [2.05, 4.69) is 15.1 Å². The predicted molar refractivity (Wildman–Crippen MR) is 110 cm³/mol. The van der Waals surface area contributed by atoms with E-state index in [1.165, 1.54) is 0 Å². The molecule has 0 aliphatic heterocycles. The molecule has 1 fully saturated rings. The predicted octanol–water partition coefficient (Wildman–Crippen LogP) is 2.63. The Labute approximate surface area is 166 Å². The van der Waals surface area contributed by atoms with Crippen LogP contribution in [0.25, 0.3) is 22.2 Å². The summed E-state index contributed by atoms with van der Waals surface area (Å²) >= 11 is 0. The first-order chi connectivity index (χ1) is 14.1. The molecular formula is C21H20N6O2. The molecule has 0 bridgehead atoms. The van der Waals surface area contributed by atoms with Crippen LogP contribution in [0.3, 0.4) is 0 Å². The van der Waals surface area contributed by atoms with E-state index in [-0.39, 0.29) is 11.5 Å². The number of para-hydroxylation sites is 1. The molecule has 0 atom stereocenters. The lowest BCUT2D eigenvalue weighted by Crippen LogP contribution is -2.23. The number of hydrogen-bond acceptors (Lipinski definition) is 6. The van der Waals surface area contributed by atoms with Crippen molar-refractivity contribution in [1.82, 2.24) is 24.3 Å². The molecule has 0 saturated heterocycles. The number of anilines is 1. The van der Waals surface area contributed by atoms with E-state index >= 15 is 0 Å². The van der Waals surface area contributed by atoms with Gasteiger partial charge in [0.25, 0.3) is 5.56 Å². The Balaban J connectivity index is 1.53. The van der Waals surface area contributed by atoms with E-state index in [1.54, 1.807) is 18.0 Å². The molecule has 0 unspecified atom stereocenters. The molecule has 3 heterocycles. The summed E-state index contributed by atoms with van der Waals surface area (Å²) in [4.78, 5) is 21.4. The molecule has 8 nitrogen and oxygen atoms in total. The highest BCUT2D eigenvalue weighted by atomic mass is 16.5. The van der Waals surface area contributed by atoms with Gasteiger partial charge in [0.2, 0.25) is 5.95 Å². The van der Waals surface area contributed by atoms with Crippen molar-refractivity contribution in [1.29, 1.82) is 0 Å². The van der Waals surface area contributed by atoms with Crippen molar-refractivity contribution in [2.24, 2.45) is 0 Å². The summed E-state index contributed by atoms with van der Waals surface area (Å²) in [6.07, 6.45) is 7.60. The molecule has 8 heteroatoms. The Hall–Kier alpha value is -3.68. The van der Waals surface area contributed by atoms with Crippen LogP contribution in [-0.2, 0) is 6.54 Å². The summed E-state index contributed by atoms with van der Waals surface area (Å²) in [5.74, 6) is 0.801. The van der Waals surface area contributed by atoms with Crippen LogP contribution in [0, 0.1) is 0 Å². The molecule has 1 aliphatic rings.